The Morgan fingerprint density at radius 2 is 1.77 bits per heavy atom. The summed E-state index contributed by atoms with van der Waals surface area (Å²) in [7, 11) is -1.41. The lowest BCUT2D eigenvalue weighted by Gasteiger charge is -2.22. The minimum Gasteiger partial charge on any atom is -0.305 e. The third-order valence-electron chi connectivity index (χ3n) is 4.59. The average molecular weight is 324 g/mol. The molecule has 1 fully saturated rings. The molecule has 0 radical (unpaired) electrons. The third-order valence-corrected chi connectivity index (χ3v) is 6.07. The van der Waals surface area contributed by atoms with Crippen LogP contribution < -0.4 is 4.72 Å². The smallest absolute Gasteiger partial charge is 0.240 e. The van der Waals surface area contributed by atoms with Crippen molar-refractivity contribution in [2.45, 2.75) is 49.8 Å². The Morgan fingerprint density at radius 3 is 2.36 bits per heavy atom. The van der Waals surface area contributed by atoms with Gasteiger partial charge < -0.3 is 4.90 Å². The van der Waals surface area contributed by atoms with Crippen LogP contribution in [0.1, 0.15) is 50.5 Å². The molecule has 0 aromatic heterocycles. The Bertz CT molecular complexity index is 549. The van der Waals surface area contributed by atoms with Gasteiger partial charge in [0.15, 0.2) is 0 Å². The van der Waals surface area contributed by atoms with E-state index in [9.17, 15) is 8.42 Å². The number of benzene rings is 1. The van der Waals surface area contributed by atoms with Gasteiger partial charge in [-0.2, -0.15) is 0 Å². The Hall–Kier alpha value is -0.910. The summed E-state index contributed by atoms with van der Waals surface area (Å²) in [5.41, 5.74) is 1.28. The second-order valence-corrected chi connectivity index (χ2v) is 7.96. The fourth-order valence-corrected chi connectivity index (χ4v) is 3.99. The highest BCUT2D eigenvalue weighted by molar-refractivity contribution is 7.89. The molecule has 2 rings (SSSR count). The first-order chi connectivity index (χ1) is 10.5. The van der Waals surface area contributed by atoms with Crippen LogP contribution in [0.4, 0.5) is 0 Å². The molecule has 124 valence electrons. The van der Waals surface area contributed by atoms with Crippen molar-refractivity contribution in [3.63, 3.8) is 0 Å². The lowest BCUT2D eigenvalue weighted by molar-refractivity contribution is 0.358. The van der Waals surface area contributed by atoms with E-state index in [-0.39, 0.29) is 0 Å². The van der Waals surface area contributed by atoms with Gasteiger partial charge in [-0.05, 0) is 50.0 Å². The first-order valence-corrected chi connectivity index (χ1v) is 9.79. The van der Waals surface area contributed by atoms with Gasteiger partial charge >= 0.3 is 0 Å². The van der Waals surface area contributed by atoms with E-state index in [4.69, 9.17) is 0 Å². The lowest BCUT2D eigenvalue weighted by Crippen LogP contribution is -2.32. The van der Waals surface area contributed by atoms with Gasteiger partial charge in [-0.3, -0.25) is 0 Å². The predicted molar refractivity (Wildman–Crippen MR) is 90.6 cm³/mol. The van der Waals surface area contributed by atoms with Crippen molar-refractivity contribution < 1.29 is 8.42 Å². The van der Waals surface area contributed by atoms with Crippen molar-refractivity contribution in [1.82, 2.24) is 9.62 Å². The minimum atomic E-state index is -3.39. The van der Waals surface area contributed by atoms with Crippen LogP contribution >= 0.6 is 0 Å². The molecule has 1 aromatic carbocycles. The van der Waals surface area contributed by atoms with Crippen molar-refractivity contribution in [2.75, 3.05) is 26.7 Å². The molecule has 1 aliphatic rings. The van der Waals surface area contributed by atoms with Gasteiger partial charge in [-0.15, -0.1) is 0 Å². The molecule has 5 heteroatoms. The van der Waals surface area contributed by atoms with Crippen molar-refractivity contribution >= 4 is 10.0 Å². The number of nitrogens with zero attached hydrogens (tertiary/aromatic N) is 1. The highest BCUT2D eigenvalue weighted by atomic mass is 32.2. The second-order valence-electron chi connectivity index (χ2n) is 6.20. The first kappa shape index (κ1) is 17.4. The molecule has 0 aliphatic heterocycles. The van der Waals surface area contributed by atoms with Crippen LogP contribution in [-0.4, -0.2) is 40.0 Å². The van der Waals surface area contributed by atoms with Crippen LogP contribution in [0.15, 0.2) is 29.2 Å². The van der Waals surface area contributed by atoms with E-state index in [1.807, 2.05) is 19.2 Å². The van der Waals surface area contributed by atoms with Crippen LogP contribution in [0, 0.1) is 0 Å². The Labute approximate surface area is 135 Å². The van der Waals surface area contributed by atoms with E-state index in [2.05, 4.69) is 16.5 Å². The van der Waals surface area contributed by atoms with Crippen LogP contribution in [0.25, 0.3) is 0 Å². The highest BCUT2D eigenvalue weighted by Gasteiger charge is 2.17. The standard InChI is InChI=1S/C17H28N2O2S/c1-3-19(2)14-13-18-22(20,21)17-11-9-16(10-12-17)15-7-5-4-6-8-15/h9-12,15,18H,3-8,13-14H2,1-2H3. The SMILES string of the molecule is CCN(C)CCNS(=O)(=O)c1ccc(C2CCCCC2)cc1. The number of likely N-dealkylation sites (N-methyl/N-ethyl adjacent to an activating group) is 1. The molecule has 1 aromatic rings. The summed E-state index contributed by atoms with van der Waals surface area (Å²) >= 11 is 0. The first-order valence-electron chi connectivity index (χ1n) is 8.31. The molecular formula is C17H28N2O2S. The molecule has 0 saturated heterocycles. The quantitative estimate of drug-likeness (QED) is 0.839. The molecule has 0 amide bonds. The minimum absolute atomic E-state index is 0.367. The second kappa shape index (κ2) is 8.09. The molecule has 0 bridgehead atoms. The Kier molecular flexibility index (Phi) is 6.41. The fourth-order valence-electron chi connectivity index (χ4n) is 2.97. The zero-order valence-electron chi connectivity index (χ0n) is 13.7. The highest BCUT2D eigenvalue weighted by Crippen LogP contribution is 2.32. The van der Waals surface area contributed by atoms with Gasteiger partial charge in [0.1, 0.15) is 0 Å². The number of rotatable bonds is 7. The summed E-state index contributed by atoms with van der Waals surface area (Å²) in [4.78, 5) is 2.44. The fraction of sp³-hybridized carbons (Fsp3) is 0.647. The maximum atomic E-state index is 12.3. The average Bonchev–Trinajstić information content (AvgIpc) is 2.55. The van der Waals surface area contributed by atoms with E-state index in [0.717, 1.165) is 13.1 Å². The Morgan fingerprint density at radius 1 is 1.14 bits per heavy atom. The van der Waals surface area contributed by atoms with Crippen LogP contribution in [0.5, 0.6) is 0 Å². The van der Waals surface area contributed by atoms with E-state index in [0.29, 0.717) is 17.4 Å². The molecule has 0 spiro atoms. The van der Waals surface area contributed by atoms with Crippen molar-refractivity contribution in [2.24, 2.45) is 0 Å². The number of sulfonamides is 1. The van der Waals surface area contributed by atoms with Gasteiger partial charge in [0.2, 0.25) is 10.0 Å². The maximum Gasteiger partial charge on any atom is 0.240 e. The molecule has 0 atom stereocenters. The van der Waals surface area contributed by atoms with E-state index < -0.39 is 10.0 Å². The van der Waals surface area contributed by atoms with Crippen molar-refractivity contribution in [3.05, 3.63) is 29.8 Å². The van der Waals surface area contributed by atoms with Gasteiger partial charge in [0.05, 0.1) is 4.90 Å². The predicted octanol–water partition coefficient (Wildman–Crippen LogP) is 2.96. The molecule has 0 heterocycles. The molecule has 0 unspecified atom stereocenters. The van der Waals surface area contributed by atoms with E-state index in [1.54, 1.807) is 12.1 Å². The van der Waals surface area contributed by atoms with Gasteiger partial charge in [0, 0.05) is 13.1 Å². The summed E-state index contributed by atoms with van der Waals surface area (Å²) < 4.78 is 27.2. The zero-order chi connectivity index (χ0) is 16.0. The van der Waals surface area contributed by atoms with Gasteiger partial charge in [-0.1, -0.05) is 38.3 Å². The molecule has 22 heavy (non-hydrogen) atoms. The monoisotopic (exact) mass is 324 g/mol. The number of hydrogen-bond donors (Lipinski definition) is 1. The van der Waals surface area contributed by atoms with Gasteiger partial charge in [-0.25, -0.2) is 13.1 Å². The molecule has 1 saturated carbocycles. The maximum absolute atomic E-state index is 12.3. The largest absolute Gasteiger partial charge is 0.305 e. The van der Waals surface area contributed by atoms with Crippen molar-refractivity contribution in [3.8, 4) is 0 Å². The van der Waals surface area contributed by atoms with Crippen molar-refractivity contribution in [1.29, 1.82) is 0 Å². The summed E-state index contributed by atoms with van der Waals surface area (Å²) in [6.07, 6.45) is 6.37. The summed E-state index contributed by atoms with van der Waals surface area (Å²) in [6, 6.07) is 7.47. The summed E-state index contributed by atoms with van der Waals surface area (Å²) in [5, 5.41) is 0. The van der Waals surface area contributed by atoms with Crippen LogP contribution in [0.3, 0.4) is 0 Å². The molecule has 1 N–H and O–H groups in total. The Balaban J connectivity index is 1.96. The summed E-state index contributed by atoms with van der Waals surface area (Å²) in [6.45, 7) is 4.13. The van der Waals surface area contributed by atoms with Crippen LogP contribution in [-0.2, 0) is 10.0 Å². The number of nitrogens with one attached hydrogen (secondary N) is 1. The van der Waals surface area contributed by atoms with Crippen LogP contribution in [0.2, 0.25) is 0 Å². The van der Waals surface area contributed by atoms with E-state index in [1.165, 1.54) is 37.7 Å². The normalized spacial score (nSPS) is 17.0. The molecule has 1 aliphatic carbocycles. The number of hydrogen-bond acceptors (Lipinski definition) is 3. The third kappa shape index (κ3) is 4.80. The summed E-state index contributed by atoms with van der Waals surface area (Å²) in [5.74, 6) is 0.608. The lowest BCUT2D eigenvalue weighted by atomic mass is 9.84. The molecule has 4 nitrogen and oxygen atoms in total. The molecular weight excluding hydrogens is 296 g/mol. The zero-order valence-corrected chi connectivity index (χ0v) is 14.5. The van der Waals surface area contributed by atoms with E-state index >= 15 is 0 Å². The topological polar surface area (TPSA) is 49.4 Å². The van der Waals surface area contributed by atoms with Gasteiger partial charge in [0.25, 0.3) is 0 Å².